The predicted octanol–water partition coefficient (Wildman–Crippen LogP) is 5.41. The average Bonchev–Trinajstić information content (AvgIpc) is 3.09. The van der Waals surface area contributed by atoms with Gasteiger partial charge in [-0.1, -0.05) is 44.0 Å². The number of fused-ring (bicyclic) bond motifs is 2. The van der Waals surface area contributed by atoms with Gasteiger partial charge in [0.1, 0.15) is 0 Å². The summed E-state index contributed by atoms with van der Waals surface area (Å²) >= 11 is 6.88. The van der Waals surface area contributed by atoms with E-state index in [0.717, 1.165) is 30.8 Å². The summed E-state index contributed by atoms with van der Waals surface area (Å²) in [7, 11) is 0. The van der Waals surface area contributed by atoms with Gasteiger partial charge in [0, 0.05) is 54.3 Å². The lowest BCUT2D eigenvalue weighted by atomic mass is 10.0. The number of aromatic amines is 2. The maximum Gasteiger partial charge on any atom is 0.197 e. The molecule has 108 valence electrons. The summed E-state index contributed by atoms with van der Waals surface area (Å²) in [6.07, 6.45) is 3.55. The van der Waals surface area contributed by atoms with Crippen LogP contribution in [0.25, 0.3) is 21.8 Å². The molecular weight excluding hydrogens is 408 g/mol. The van der Waals surface area contributed by atoms with E-state index in [1.54, 1.807) is 12.4 Å². The molecule has 0 aliphatic heterocycles. The quantitative estimate of drug-likeness (QED) is 0.421. The van der Waals surface area contributed by atoms with Crippen molar-refractivity contribution in [1.29, 1.82) is 0 Å². The van der Waals surface area contributed by atoms with Crippen molar-refractivity contribution in [3.8, 4) is 0 Å². The van der Waals surface area contributed by atoms with Crippen LogP contribution in [0.5, 0.6) is 0 Å². The lowest BCUT2D eigenvalue weighted by Gasteiger charge is -1.99. The van der Waals surface area contributed by atoms with Crippen LogP contribution < -0.4 is 0 Å². The highest BCUT2D eigenvalue weighted by Gasteiger charge is 2.17. The van der Waals surface area contributed by atoms with Gasteiger partial charge < -0.3 is 9.97 Å². The van der Waals surface area contributed by atoms with Crippen molar-refractivity contribution in [2.75, 3.05) is 0 Å². The third kappa shape index (κ3) is 2.12. The monoisotopic (exact) mass is 416 g/mol. The number of rotatable bonds is 2. The third-order valence-electron chi connectivity index (χ3n) is 3.78. The van der Waals surface area contributed by atoms with E-state index in [-0.39, 0.29) is 5.78 Å². The molecule has 4 rings (SSSR count). The van der Waals surface area contributed by atoms with Crippen molar-refractivity contribution in [1.82, 2.24) is 9.97 Å². The number of hydrogen-bond donors (Lipinski definition) is 2. The first-order valence-electron chi connectivity index (χ1n) is 6.71. The van der Waals surface area contributed by atoms with Crippen molar-refractivity contribution in [2.24, 2.45) is 0 Å². The van der Waals surface area contributed by atoms with E-state index in [0.29, 0.717) is 11.1 Å². The van der Waals surface area contributed by atoms with Gasteiger partial charge in [-0.15, -0.1) is 0 Å². The zero-order chi connectivity index (χ0) is 15.3. The van der Waals surface area contributed by atoms with Crippen LogP contribution in [0.1, 0.15) is 15.9 Å². The van der Waals surface area contributed by atoms with E-state index in [9.17, 15) is 4.79 Å². The molecular formula is C17H10Br2N2O. The molecule has 0 amide bonds. The Labute approximate surface area is 143 Å². The molecule has 0 spiro atoms. The van der Waals surface area contributed by atoms with Gasteiger partial charge in [-0.25, -0.2) is 0 Å². The number of carbonyl (C=O) groups is 1. The van der Waals surface area contributed by atoms with E-state index in [4.69, 9.17) is 0 Å². The standard InChI is InChI=1S/C17H10Br2N2O/c18-9-1-3-11-13(7-20-15(11)5-9)17(22)14-8-21-16-6-10(19)2-4-12(14)16/h1-8,20-21H. The number of nitrogens with one attached hydrogen (secondary N) is 2. The Hall–Kier alpha value is -1.85. The molecule has 0 bridgehead atoms. The smallest absolute Gasteiger partial charge is 0.197 e. The van der Waals surface area contributed by atoms with E-state index < -0.39 is 0 Å². The van der Waals surface area contributed by atoms with Crippen LogP contribution in [0.15, 0.2) is 57.7 Å². The maximum absolute atomic E-state index is 12.9. The molecule has 2 heterocycles. The average molecular weight is 418 g/mol. The zero-order valence-electron chi connectivity index (χ0n) is 11.3. The summed E-state index contributed by atoms with van der Waals surface area (Å²) in [4.78, 5) is 19.2. The SMILES string of the molecule is O=C(c1c[nH]c2cc(Br)ccc12)c1c[nH]c2cc(Br)ccc12. The Bertz CT molecular complexity index is 948. The van der Waals surface area contributed by atoms with Gasteiger partial charge in [0.15, 0.2) is 5.78 Å². The van der Waals surface area contributed by atoms with Crippen LogP contribution in [-0.2, 0) is 0 Å². The van der Waals surface area contributed by atoms with Crippen molar-refractivity contribution < 1.29 is 4.79 Å². The topological polar surface area (TPSA) is 48.6 Å². The lowest BCUT2D eigenvalue weighted by Crippen LogP contribution is -1.99. The summed E-state index contributed by atoms with van der Waals surface area (Å²) in [6, 6.07) is 11.7. The molecule has 0 saturated carbocycles. The maximum atomic E-state index is 12.9. The number of aromatic nitrogens is 2. The fourth-order valence-electron chi connectivity index (χ4n) is 2.72. The second-order valence-electron chi connectivity index (χ2n) is 5.11. The summed E-state index contributed by atoms with van der Waals surface area (Å²) in [5.74, 6) is 0.0159. The molecule has 0 aliphatic rings. The highest BCUT2D eigenvalue weighted by atomic mass is 79.9. The first-order valence-corrected chi connectivity index (χ1v) is 8.30. The van der Waals surface area contributed by atoms with Crippen molar-refractivity contribution in [2.45, 2.75) is 0 Å². The van der Waals surface area contributed by atoms with Crippen LogP contribution >= 0.6 is 31.9 Å². The number of halogens is 2. The highest BCUT2D eigenvalue weighted by molar-refractivity contribution is 9.10. The van der Waals surface area contributed by atoms with Crippen molar-refractivity contribution in [3.63, 3.8) is 0 Å². The number of ketones is 1. The van der Waals surface area contributed by atoms with Gasteiger partial charge in [-0.2, -0.15) is 0 Å². The van der Waals surface area contributed by atoms with E-state index in [2.05, 4.69) is 41.8 Å². The van der Waals surface area contributed by atoms with Gasteiger partial charge in [-0.3, -0.25) is 4.79 Å². The van der Waals surface area contributed by atoms with Gasteiger partial charge in [0.05, 0.1) is 0 Å². The Balaban J connectivity index is 1.88. The van der Waals surface area contributed by atoms with E-state index in [1.165, 1.54) is 0 Å². The van der Waals surface area contributed by atoms with Crippen molar-refractivity contribution in [3.05, 3.63) is 68.9 Å². The molecule has 0 fully saturated rings. The molecule has 0 aliphatic carbocycles. The molecule has 0 atom stereocenters. The molecule has 3 nitrogen and oxygen atoms in total. The zero-order valence-corrected chi connectivity index (χ0v) is 14.5. The number of H-pyrrole nitrogens is 2. The summed E-state index contributed by atoms with van der Waals surface area (Å²) < 4.78 is 1.97. The summed E-state index contributed by atoms with van der Waals surface area (Å²) in [6.45, 7) is 0. The highest BCUT2D eigenvalue weighted by Crippen LogP contribution is 2.28. The van der Waals surface area contributed by atoms with Crippen molar-refractivity contribution >= 4 is 59.4 Å². The molecule has 4 aromatic rings. The second kappa shape index (κ2) is 5.11. The summed E-state index contributed by atoms with van der Waals surface area (Å²) in [5, 5.41) is 1.86. The fourth-order valence-corrected chi connectivity index (χ4v) is 3.44. The Morgan fingerprint density at radius 1 is 0.773 bits per heavy atom. The molecule has 0 unspecified atom stereocenters. The van der Waals surface area contributed by atoms with Crippen LogP contribution in [0.2, 0.25) is 0 Å². The lowest BCUT2D eigenvalue weighted by molar-refractivity contribution is 0.104. The van der Waals surface area contributed by atoms with Crippen LogP contribution in [0, 0.1) is 0 Å². The third-order valence-corrected chi connectivity index (χ3v) is 4.76. The minimum absolute atomic E-state index is 0.0159. The minimum Gasteiger partial charge on any atom is -0.360 e. The largest absolute Gasteiger partial charge is 0.360 e. The molecule has 0 radical (unpaired) electrons. The Morgan fingerprint density at radius 3 is 1.68 bits per heavy atom. The van der Waals surface area contributed by atoms with E-state index in [1.807, 2.05) is 36.4 Å². The van der Waals surface area contributed by atoms with Gasteiger partial charge in [0.2, 0.25) is 0 Å². The van der Waals surface area contributed by atoms with Crippen LogP contribution in [0.4, 0.5) is 0 Å². The second-order valence-corrected chi connectivity index (χ2v) is 6.94. The van der Waals surface area contributed by atoms with Crippen LogP contribution in [0.3, 0.4) is 0 Å². The predicted molar refractivity (Wildman–Crippen MR) is 95.4 cm³/mol. The summed E-state index contributed by atoms with van der Waals surface area (Å²) in [5.41, 5.74) is 3.26. The molecule has 2 aromatic carbocycles. The first kappa shape index (κ1) is 13.8. The number of hydrogen-bond acceptors (Lipinski definition) is 1. The number of benzene rings is 2. The van der Waals surface area contributed by atoms with E-state index >= 15 is 0 Å². The Morgan fingerprint density at radius 2 is 1.23 bits per heavy atom. The van der Waals surface area contributed by atoms with Gasteiger partial charge in [-0.05, 0) is 24.3 Å². The molecule has 2 N–H and O–H groups in total. The molecule has 5 heteroatoms. The Kier molecular flexibility index (Phi) is 3.20. The van der Waals surface area contributed by atoms with Gasteiger partial charge in [0.25, 0.3) is 0 Å². The normalized spacial score (nSPS) is 11.4. The molecule has 22 heavy (non-hydrogen) atoms. The minimum atomic E-state index is 0.0159. The fraction of sp³-hybridized carbons (Fsp3) is 0. The molecule has 0 saturated heterocycles. The first-order chi connectivity index (χ1) is 10.6. The van der Waals surface area contributed by atoms with Gasteiger partial charge >= 0.3 is 0 Å². The van der Waals surface area contributed by atoms with Crippen LogP contribution in [-0.4, -0.2) is 15.8 Å². The number of carbonyl (C=O) groups excluding carboxylic acids is 1. The molecule has 2 aromatic heterocycles.